The number of hydrogen-bond acceptors (Lipinski definition) is 5. The fourth-order valence-electron chi connectivity index (χ4n) is 1.88. The molecule has 18 heavy (non-hydrogen) atoms. The molecule has 1 aromatic rings. The average Bonchev–Trinajstić information content (AvgIpc) is 2.59. The molecule has 1 aromatic heterocycles. The number of rotatable bonds is 6. The third-order valence-electron chi connectivity index (χ3n) is 2.42. The molecule has 0 saturated heterocycles. The fraction of sp³-hybridized carbons (Fsp3) is 0.667. The lowest BCUT2D eigenvalue weighted by Crippen LogP contribution is -2.40. The Morgan fingerprint density at radius 3 is 2.72 bits per heavy atom. The predicted molar refractivity (Wildman–Crippen MR) is 75.6 cm³/mol. The lowest BCUT2D eigenvalue weighted by molar-refractivity contribution is -0.120. The molecule has 0 saturated carbocycles. The summed E-state index contributed by atoms with van der Waals surface area (Å²) < 4.78 is 0. The summed E-state index contributed by atoms with van der Waals surface area (Å²) in [6.45, 7) is 5.85. The minimum absolute atomic E-state index is 0.00729. The topological polar surface area (TPSA) is 71.2 Å². The molecule has 0 bridgehead atoms. The first-order chi connectivity index (χ1) is 8.28. The van der Waals surface area contributed by atoms with Crippen LogP contribution in [-0.2, 0) is 11.2 Å². The second-order valence-corrected chi connectivity index (χ2v) is 6.42. The lowest BCUT2D eigenvalue weighted by atomic mass is 9.93. The molecular weight excluding hydrogens is 248 g/mol. The van der Waals surface area contributed by atoms with Crippen LogP contribution >= 0.6 is 11.3 Å². The summed E-state index contributed by atoms with van der Waals surface area (Å²) in [5.41, 5.74) is 6.31. The third kappa shape index (κ3) is 5.46. The van der Waals surface area contributed by atoms with E-state index in [9.17, 15) is 4.79 Å². The highest BCUT2D eigenvalue weighted by atomic mass is 32.1. The zero-order valence-corrected chi connectivity index (χ0v) is 12.3. The van der Waals surface area contributed by atoms with Crippen LogP contribution in [0.25, 0.3) is 0 Å². The van der Waals surface area contributed by atoms with Gasteiger partial charge in [-0.05, 0) is 19.5 Å². The molecule has 0 aliphatic heterocycles. The Bertz CT molecular complexity index is 401. The van der Waals surface area contributed by atoms with E-state index >= 15 is 0 Å². The molecule has 1 amide bonds. The van der Waals surface area contributed by atoms with E-state index < -0.39 is 0 Å². The molecular formula is C12H22N4OS. The van der Waals surface area contributed by atoms with Crippen molar-refractivity contribution in [2.75, 3.05) is 32.9 Å². The van der Waals surface area contributed by atoms with E-state index in [4.69, 9.17) is 5.73 Å². The second-order valence-electron chi connectivity index (χ2n) is 5.53. The van der Waals surface area contributed by atoms with Crippen LogP contribution in [0.4, 0.5) is 5.13 Å². The number of thiazole rings is 1. The number of nitrogen functional groups attached to an aromatic ring is 1. The predicted octanol–water partition coefficient (Wildman–Crippen LogP) is 0.972. The Balaban J connectivity index is 2.37. The number of aromatic nitrogens is 1. The van der Waals surface area contributed by atoms with E-state index in [2.05, 4.69) is 29.0 Å². The number of nitrogens with zero attached hydrogens (tertiary/aromatic N) is 2. The Labute approximate surface area is 112 Å². The molecule has 1 rings (SSSR count). The molecule has 0 unspecified atom stereocenters. The second kappa shape index (κ2) is 6.15. The van der Waals surface area contributed by atoms with Crippen LogP contribution in [0.15, 0.2) is 5.38 Å². The lowest BCUT2D eigenvalue weighted by Gasteiger charge is -2.28. The maximum absolute atomic E-state index is 11.8. The van der Waals surface area contributed by atoms with Crippen LogP contribution in [0, 0.1) is 5.41 Å². The molecule has 0 aliphatic rings. The van der Waals surface area contributed by atoms with Gasteiger partial charge in [0, 0.05) is 18.5 Å². The third-order valence-corrected chi connectivity index (χ3v) is 3.14. The van der Waals surface area contributed by atoms with Gasteiger partial charge in [-0.15, -0.1) is 11.3 Å². The van der Waals surface area contributed by atoms with E-state index in [0.29, 0.717) is 18.1 Å². The van der Waals surface area contributed by atoms with Crippen molar-refractivity contribution in [2.24, 2.45) is 5.41 Å². The summed E-state index contributed by atoms with van der Waals surface area (Å²) in [4.78, 5) is 17.9. The summed E-state index contributed by atoms with van der Waals surface area (Å²) >= 11 is 1.36. The van der Waals surface area contributed by atoms with Crippen molar-refractivity contribution in [2.45, 2.75) is 20.3 Å². The molecule has 0 aliphatic carbocycles. The summed E-state index contributed by atoms with van der Waals surface area (Å²) in [6, 6.07) is 0. The van der Waals surface area contributed by atoms with Crippen LogP contribution in [0.5, 0.6) is 0 Å². The minimum atomic E-state index is -0.00729. The quantitative estimate of drug-likeness (QED) is 0.808. The van der Waals surface area contributed by atoms with Gasteiger partial charge in [0.25, 0.3) is 0 Å². The first-order valence-corrected chi connectivity index (χ1v) is 6.78. The molecule has 0 spiro atoms. The van der Waals surface area contributed by atoms with E-state index in [0.717, 1.165) is 12.2 Å². The highest BCUT2D eigenvalue weighted by Crippen LogP contribution is 2.15. The Kier molecular flexibility index (Phi) is 5.10. The summed E-state index contributed by atoms with van der Waals surface area (Å²) in [5.74, 6) is -0.00729. The summed E-state index contributed by atoms with van der Waals surface area (Å²) in [5, 5.41) is 5.27. The van der Waals surface area contributed by atoms with Crippen molar-refractivity contribution >= 4 is 22.4 Å². The normalized spacial score (nSPS) is 11.8. The van der Waals surface area contributed by atoms with Gasteiger partial charge in [-0.2, -0.15) is 0 Å². The van der Waals surface area contributed by atoms with Crippen LogP contribution in [-0.4, -0.2) is 43.0 Å². The SMILES string of the molecule is CN(C)CC(C)(C)CNC(=O)Cc1csc(N)n1. The molecule has 0 radical (unpaired) electrons. The fourth-order valence-corrected chi connectivity index (χ4v) is 2.44. The maximum atomic E-state index is 11.8. The smallest absolute Gasteiger partial charge is 0.226 e. The highest BCUT2D eigenvalue weighted by molar-refractivity contribution is 7.13. The van der Waals surface area contributed by atoms with Gasteiger partial charge in [0.2, 0.25) is 5.91 Å². The van der Waals surface area contributed by atoms with Gasteiger partial charge < -0.3 is 16.0 Å². The van der Waals surface area contributed by atoms with Crippen LogP contribution in [0.2, 0.25) is 0 Å². The number of amides is 1. The van der Waals surface area contributed by atoms with Crippen LogP contribution in [0.1, 0.15) is 19.5 Å². The number of carbonyl (C=O) groups is 1. The van der Waals surface area contributed by atoms with E-state index in [1.54, 1.807) is 0 Å². The summed E-state index contributed by atoms with van der Waals surface area (Å²) in [7, 11) is 4.06. The van der Waals surface area contributed by atoms with Gasteiger partial charge in [-0.1, -0.05) is 13.8 Å². The van der Waals surface area contributed by atoms with Gasteiger partial charge in [-0.25, -0.2) is 4.98 Å². The Hall–Kier alpha value is -1.14. The van der Waals surface area contributed by atoms with E-state index in [1.807, 2.05) is 19.5 Å². The van der Waals surface area contributed by atoms with E-state index in [-0.39, 0.29) is 11.3 Å². The molecule has 5 nitrogen and oxygen atoms in total. The molecule has 0 fully saturated rings. The van der Waals surface area contributed by atoms with Crippen molar-refractivity contribution in [3.05, 3.63) is 11.1 Å². The van der Waals surface area contributed by atoms with Crippen molar-refractivity contribution in [3.63, 3.8) is 0 Å². The maximum Gasteiger partial charge on any atom is 0.226 e. The molecule has 1 heterocycles. The van der Waals surface area contributed by atoms with Gasteiger partial charge in [0.1, 0.15) is 0 Å². The molecule has 102 valence electrons. The van der Waals surface area contributed by atoms with Gasteiger partial charge in [-0.3, -0.25) is 4.79 Å². The highest BCUT2D eigenvalue weighted by Gasteiger charge is 2.19. The molecule has 6 heteroatoms. The number of nitrogens with two attached hydrogens (primary N) is 1. The zero-order chi connectivity index (χ0) is 13.8. The van der Waals surface area contributed by atoms with Crippen molar-refractivity contribution in [1.29, 1.82) is 0 Å². The standard InChI is InChI=1S/C12H22N4OS/c1-12(2,8-16(3)4)7-14-10(17)5-9-6-18-11(13)15-9/h6H,5,7-8H2,1-4H3,(H2,13,15)(H,14,17). The van der Waals surface area contributed by atoms with Crippen molar-refractivity contribution < 1.29 is 4.79 Å². The Morgan fingerprint density at radius 2 is 2.22 bits per heavy atom. The van der Waals surface area contributed by atoms with Crippen molar-refractivity contribution in [3.8, 4) is 0 Å². The van der Waals surface area contributed by atoms with Gasteiger partial charge in [0.05, 0.1) is 12.1 Å². The number of carbonyl (C=O) groups excluding carboxylic acids is 1. The molecule has 3 N–H and O–H groups in total. The molecule has 0 aromatic carbocycles. The molecule has 0 atom stereocenters. The largest absolute Gasteiger partial charge is 0.375 e. The number of anilines is 1. The van der Waals surface area contributed by atoms with E-state index in [1.165, 1.54) is 11.3 Å². The zero-order valence-electron chi connectivity index (χ0n) is 11.5. The van der Waals surface area contributed by atoms with Gasteiger partial charge >= 0.3 is 0 Å². The average molecular weight is 270 g/mol. The van der Waals surface area contributed by atoms with Crippen LogP contribution < -0.4 is 11.1 Å². The number of hydrogen-bond donors (Lipinski definition) is 2. The van der Waals surface area contributed by atoms with Gasteiger partial charge in [0.15, 0.2) is 5.13 Å². The first kappa shape index (κ1) is 14.9. The monoisotopic (exact) mass is 270 g/mol. The van der Waals surface area contributed by atoms with Crippen LogP contribution in [0.3, 0.4) is 0 Å². The first-order valence-electron chi connectivity index (χ1n) is 5.90. The summed E-state index contributed by atoms with van der Waals surface area (Å²) in [6.07, 6.45) is 0.297. The number of nitrogens with one attached hydrogen (secondary N) is 1. The van der Waals surface area contributed by atoms with Crippen molar-refractivity contribution in [1.82, 2.24) is 15.2 Å². The minimum Gasteiger partial charge on any atom is -0.375 e. The Morgan fingerprint density at radius 1 is 1.56 bits per heavy atom.